The maximum Gasteiger partial charge on any atom is 0.118 e. The summed E-state index contributed by atoms with van der Waals surface area (Å²) in [5.74, 6) is 1.71. The average Bonchev–Trinajstić information content (AvgIpc) is 3.30. The van der Waals surface area contributed by atoms with Crippen LogP contribution < -0.4 is 19.3 Å². The van der Waals surface area contributed by atoms with Crippen molar-refractivity contribution in [2.75, 3.05) is 24.0 Å². The van der Waals surface area contributed by atoms with E-state index in [2.05, 4.69) is 218 Å². The fourth-order valence-corrected chi connectivity index (χ4v) is 7.46. The van der Waals surface area contributed by atoms with Crippen LogP contribution in [0, 0.1) is 13.8 Å². The van der Waals surface area contributed by atoms with Crippen LogP contribution in [0.1, 0.15) is 33.4 Å². The molecule has 0 radical (unpaired) electrons. The van der Waals surface area contributed by atoms with Gasteiger partial charge in [0.25, 0.3) is 0 Å². The summed E-state index contributed by atoms with van der Waals surface area (Å²) >= 11 is 0. The molecule has 8 aromatic carbocycles. The molecule has 8 rings (SSSR count). The number of rotatable bonds is 13. The van der Waals surface area contributed by atoms with Gasteiger partial charge in [0.15, 0.2) is 0 Å². The van der Waals surface area contributed by atoms with Crippen LogP contribution >= 0.6 is 0 Å². The summed E-state index contributed by atoms with van der Waals surface area (Å²) in [6, 6.07) is 68.4. The van der Waals surface area contributed by atoms with Crippen LogP contribution in [0.5, 0.6) is 11.5 Å². The third kappa shape index (κ3) is 9.09. The molecule has 4 nitrogen and oxygen atoms in total. The summed E-state index contributed by atoms with van der Waals surface area (Å²) in [7, 11) is 3.37. The molecule has 60 heavy (non-hydrogen) atoms. The molecule has 0 unspecified atom stereocenters. The molecule has 8 aromatic rings. The molecular formula is C56H48N2O2. The number of para-hydroxylation sites is 2. The van der Waals surface area contributed by atoms with Crippen molar-refractivity contribution in [3.63, 3.8) is 0 Å². The zero-order valence-electron chi connectivity index (χ0n) is 34.5. The van der Waals surface area contributed by atoms with Crippen LogP contribution in [0.4, 0.5) is 34.1 Å². The molecular weight excluding hydrogens is 733 g/mol. The number of nitrogens with zero attached hydrogens (tertiary/aromatic N) is 2. The Hall–Kier alpha value is -7.56. The Morgan fingerprint density at radius 1 is 0.333 bits per heavy atom. The monoisotopic (exact) mass is 780 g/mol. The third-order valence-corrected chi connectivity index (χ3v) is 10.7. The highest BCUT2D eigenvalue weighted by Gasteiger charge is 2.18. The van der Waals surface area contributed by atoms with E-state index in [9.17, 15) is 0 Å². The maximum absolute atomic E-state index is 5.31. The van der Waals surface area contributed by atoms with Crippen molar-refractivity contribution in [2.24, 2.45) is 0 Å². The van der Waals surface area contributed by atoms with Gasteiger partial charge in [0.1, 0.15) is 11.5 Å². The van der Waals surface area contributed by atoms with E-state index in [1.807, 2.05) is 24.3 Å². The summed E-state index contributed by atoms with van der Waals surface area (Å²) in [4.78, 5) is 4.67. The van der Waals surface area contributed by atoms with E-state index in [0.29, 0.717) is 0 Å². The molecule has 0 aliphatic heterocycles. The highest BCUT2D eigenvalue weighted by atomic mass is 16.5. The van der Waals surface area contributed by atoms with Crippen LogP contribution in [0.3, 0.4) is 0 Å². The van der Waals surface area contributed by atoms with E-state index >= 15 is 0 Å². The number of methoxy groups -OCH3 is 2. The molecule has 0 amide bonds. The molecule has 0 aromatic heterocycles. The molecule has 294 valence electrons. The Morgan fingerprint density at radius 2 is 0.633 bits per heavy atom. The quantitative estimate of drug-likeness (QED) is 0.109. The van der Waals surface area contributed by atoms with Crippen molar-refractivity contribution >= 4 is 58.4 Å². The van der Waals surface area contributed by atoms with Crippen LogP contribution in [0.2, 0.25) is 0 Å². The second-order valence-electron chi connectivity index (χ2n) is 14.7. The first-order valence-corrected chi connectivity index (χ1v) is 20.2. The standard InChI is InChI=1S/C56H48N2O2/c1-41-39-47(27-37-55(41)57(49-11-7-5-8-12-49)51-29-19-43(20-30-51)15-17-45-23-33-53(59-3)34-24-45)48-28-38-56(42(2)40-48)58(50-13-9-6-10-14-50)52-31-21-44(22-32-52)16-18-46-25-35-54(60-4)36-26-46/h5-40H,1-4H3. The Morgan fingerprint density at radius 3 is 0.933 bits per heavy atom. The lowest BCUT2D eigenvalue weighted by Gasteiger charge is -2.28. The summed E-state index contributed by atoms with van der Waals surface area (Å²) < 4.78 is 10.6. The molecule has 0 heterocycles. The molecule has 0 atom stereocenters. The van der Waals surface area contributed by atoms with Gasteiger partial charge >= 0.3 is 0 Å². The second-order valence-corrected chi connectivity index (χ2v) is 14.7. The largest absolute Gasteiger partial charge is 0.497 e. The third-order valence-electron chi connectivity index (χ3n) is 10.7. The highest BCUT2D eigenvalue weighted by molar-refractivity contribution is 5.84. The molecule has 0 fully saturated rings. The van der Waals surface area contributed by atoms with Gasteiger partial charge in [-0.25, -0.2) is 0 Å². The van der Waals surface area contributed by atoms with Gasteiger partial charge in [-0.2, -0.15) is 0 Å². The SMILES string of the molecule is COc1ccc(C=Cc2ccc(N(c3ccccc3)c3ccc(-c4ccc(N(c5ccccc5)c5ccc(C=Cc6ccc(OC)cc6)cc5)c(C)c4)cc3C)cc2)cc1. The molecule has 0 saturated heterocycles. The van der Waals surface area contributed by atoms with Crippen LogP contribution in [0.25, 0.3) is 35.4 Å². The minimum atomic E-state index is 0.855. The van der Waals surface area contributed by atoms with Crippen molar-refractivity contribution in [1.82, 2.24) is 0 Å². The number of anilines is 6. The van der Waals surface area contributed by atoms with E-state index < -0.39 is 0 Å². The van der Waals surface area contributed by atoms with Crippen LogP contribution in [-0.2, 0) is 0 Å². The number of benzene rings is 8. The molecule has 0 aliphatic rings. The topological polar surface area (TPSA) is 24.9 Å². The first-order chi connectivity index (χ1) is 29.4. The number of hydrogen-bond donors (Lipinski definition) is 0. The predicted octanol–water partition coefficient (Wildman–Crippen LogP) is 15.3. The molecule has 0 N–H and O–H groups in total. The number of aryl methyl sites for hydroxylation is 2. The first kappa shape index (κ1) is 39.3. The summed E-state index contributed by atoms with van der Waals surface area (Å²) in [5, 5.41) is 0. The Kier molecular flexibility index (Phi) is 12.0. The lowest BCUT2D eigenvalue weighted by atomic mass is 9.98. The van der Waals surface area contributed by atoms with Gasteiger partial charge in [-0.15, -0.1) is 0 Å². The molecule has 0 saturated carbocycles. The fraction of sp³-hybridized carbons (Fsp3) is 0.0714. The average molecular weight is 781 g/mol. The lowest BCUT2D eigenvalue weighted by Crippen LogP contribution is -2.11. The minimum Gasteiger partial charge on any atom is -0.497 e. The minimum absolute atomic E-state index is 0.855. The maximum atomic E-state index is 5.31. The first-order valence-electron chi connectivity index (χ1n) is 20.2. The molecule has 4 heteroatoms. The Balaban J connectivity index is 1.05. The fourth-order valence-electron chi connectivity index (χ4n) is 7.46. The van der Waals surface area contributed by atoms with Crippen molar-refractivity contribution in [1.29, 1.82) is 0 Å². The summed E-state index contributed by atoms with van der Waals surface area (Å²) in [6.07, 6.45) is 8.54. The van der Waals surface area contributed by atoms with Crippen molar-refractivity contribution in [3.05, 3.63) is 228 Å². The zero-order chi connectivity index (χ0) is 41.3. The van der Waals surface area contributed by atoms with Gasteiger partial charge in [0.05, 0.1) is 14.2 Å². The Bertz CT molecular complexity index is 2510. The predicted molar refractivity (Wildman–Crippen MR) is 255 cm³/mol. The van der Waals surface area contributed by atoms with Crippen LogP contribution in [0.15, 0.2) is 194 Å². The van der Waals surface area contributed by atoms with Gasteiger partial charge in [0.2, 0.25) is 0 Å². The number of hydrogen-bond acceptors (Lipinski definition) is 4. The van der Waals surface area contributed by atoms with E-state index in [1.165, 1.54) is 22.3 Å². The van der Waals surface area contributed by atoms with Crippen molar-refractivity contribution in [2.45, 2.75) is 13.8 Å². The van der Waals surface area contributed by atoms with Crippen LogP contribution in [-0.4, -0.2) is 14.2 Å². The van der Waals surface area contributed by atoms with Gasteiger partial charge in [-0.3, -0.25) is 0 Å². The smallest absolute Gasteiger partial charge is 0.118 e. The van der Waals surface area contributed by atoms with Gasteiger partial charge in [-0.05, 0) is 155 Å². The van der Waals surface area contributed by atoms with Crippen molar-refractivity contribution in [3.8, 4) is 22.6 Å². The molecule has 0 spiro atoms. The summed E-state index contributed by atoms with van der Waals surface area (Å²) in [6.45, 7) is 4.41. The van der Waals surface area contributed by atoms with E-state index in [4.69, 9.17) is 9.47 Å². The highest BCUT2D eigenvalue weighted by Crippen LogP contribution is 2.41. The molecule has 0 bridgehead atoms. The van der Waals surface area contributed by atoms with E-state index in [-0.39, 0.29) is 0 Å². The second kappa shape index (κ2) is 18.4. The van der Waals surface area contributed by atoms with Crippen molar-refractivity contribution < 1.29 is 9.47 Å². The van der Waals surface area contributed by atoms with Gasteiger partial charge in [-0.1, -0.05) is 121 Å². The van der Waals surface area contributed by atoms with Gasteiger partial charge in [0, 0.05) is 34.1 Å². The van der Waals surface area contributed by atoms with Gasteiger partial charge < -0.3 is 19.3 Å². The zero-order valence-corrected chi connectivity index (χ0v) is 34.5. The Labute approximate surface area is 354 Å². The number of ether oxygens (including phenoxy) is 2. The normalized spacial score (nSPS) is 11.2. The molecule has 0 aliphatic carbocycles. The van der Waals surface area contributed by atoms with E-state index in [1.54, 1.807) is 14.2 Å². The summed E-state index contributed by atoms with van der Waals surface area (Å²) in [5.41, 5.74) is 15.9. The van der Waals surface area contributed by atoms with E-state index in [0.717, 1.165) is 67.9 Å². The lowest BCUT2D eigenvalue weighted by molar-refractivity contribution is 0.414.